The molecule has 0 atom stereocenters. The fraction of sp³-hybridized carbons (Fsp3) is 0.154. The van der Waals surface area contributed by atoms with E-state index in [-0.39, 0.29) is 22.4 Å². The zero-order valence-electron chi connectivity index (χ0n) is 10.8. The van der Waals surface area contributed by atoms with Gasteiger partial charge in [0, 0.05) is 18.7 Å². The molecule has 108 valence electrons. The second-order valence-electron chi connectivity index (χ2n) is 4.16. The lowest BCUT2D eigenvalue weighted by molar-refractivity contribution is -0.384. The molecule has 0 fully saturated rings. The van der Waals surface area contributed by atoms with Crippen LogP contribution in [-0.4, -0.2) is 27.3 Å². The second kappa shape index (κ2) is 6.76. The molecule has 1 aromatic heterocycles. The van der Waals surface area contributed by atoms with Gasteiger partial charge in [0.05, 0.1) is 17.3 Å². The number of nitrogens with one attached hydrogen (secondary N) is 1. The average Bonchev–Trinajstić information content (AvgIpc) is 2.47. The third kappa shape index (κ3) is 4.22. The predicted octanol–water partition coefficient (Wildman–Crippen LogP) is 2.01. The SMILES string of the molecule is O=C(NCCc1ccc([N+](=O)[O-])cc1)c1cncc(Cl)n1. The Morgan fingerprint density at radius 3 is 2.62 bits per heavy atom. The molecule has 0 aliphatic carbocycles. The maximum Gasteiger partial charge on any atom is 0.271 e. The van der Waals surface area contributed by atoms with Gasteiger partial charge in [0.2, 0.25) is 0 Å². The van der Waals surface area contributed by atoms with Crippen LogP contribution < -0.4 is 5.32 Å². The van der Waals surface area contributed by atoms with Gasteiger partial charge >= 0.3 is 0 Å². The van der Waals surface area contributed by atoms with Crippen molar-refractivity contribution in [1.29, 1.82) is 0 Å². The van der Waals surface area contributed by atoms with Gasteiger partial charge in [0.15, 0.2) is 0 Å². The van der Waals surface area contributed by atoms with Gasteiger partial charge in [-0.25, -0.2) is 4.98 Å². The number of rotatable bonds is 5. The molecule has 0 saturated carbocycles. The molecule has 0 spiro atoms. The molecule has 8 heteroatoms. The van der Waals surface area contributed by atoms with Crippen molar-refractivity contribution < 1.29 is 9.72 Å². The summed E-state index contributed by atoms with van der Waals surface area (Å²) in [6, 6.07) is 6.17. The van der Waals surface area contributed by atoms with Crippen molar-refractivity contribution >= 4 is 23.2 Å². The third-order valence-corrected chi connectivity index (χ3v) is 2.87. The molecule has 1 N–H and O–H groups in total. The molecular weight excluding hydrogens is 296 g/mol. The number of hydrogen-bond donors (Lipinski definition) is 1. The van der Waals surface area contributed by atoms with Crippen LogP contribution in [0, 0.1) is 10.1 Å². The number of carbonyl (C=O) groups is 1. The second-order valence-corrected chi connectivity index (χ2v) is 4.54. The third-order valence-electron chi connectivity index (χ3n) is 2.68. The van der Waals surface area contributed by atoms with Crippen LogP contribution in [0.15, 0.2) is 36.7 Å². The van der Waals surface area contributed by atoms with Crippen molar-refractivity contribution in [2.75, 3.05) is 6.54 Å². The predicted molar refractivity (Wildman–Crippen MR) is 76.2 cm³/mol. The molecular formula is C13H11ClN4O3. The minimum absolute atomic E-state index is 0.0389. The molecule has 1 heterocycles. The number of aromatic nitrogens is 2. The van der Waals surface area contributed by atoms with E-state index in [0.717, 1.165) is 5.56 Å². The first kappa shape index (κ1) is 14.9. The van der Waals surface area contributed by atoms with Gasteiger partial charge in [-0.2, -0.15) is 0 Å². The Morgan fingerprint density at radius 2 is 2.00 bits per heavy atom. The van der Waals surface area contributed by atoms with E-state index < -0.39 is 4.92 Å². The Balaban J connectivity index is 1.86. The van der Waals surface area contributed by atoms with E-state index in [9.17, 15) is 14.9 Å². The van der Waals surface area contributed by atoms with Crippen LogP contribution in [0.1, 0.15) is 16.1 Å². The maximum atomic E-state index is 11.8. The summed E-state index contributed by atoms with van der Waals surface area (Å²) in [5, 5.41) is 13.4. The van der Waals surface area contributed by atoms with E-state index in [1.807, 2.05) is 0 Å². The summed E-state index contributed by atoms with van der Waals surface area (Å²) in [6.07, 6.45) is 3.22. The molecule has 0 aliphatic heterocycles. The highest BCUT2D eigenvalue weighted by atomic mass is 35.5. The number of nitrogens with zero attached hydrogens (tertiary/aromatic N) is 3. The van der Waals surface area contributed by atoms with E-state index >= 15 is 0 Å². The Bertz CT molecular complexity index is 661. The van der Waals surface area contributed by atoms with E-state index in [1.165, 1.54) is 24.5 Å². The van der Waals surface area contributed by atoms with Gasteiger partial charge in [-0.05, 0) is 12.0 Å². The summed E-state index contributed by atoms with van der Waals surface area (Å²) in [4.78, 5) is 29.5. The minimum atomic E-state index is -0.455. The van der Waals surface area contributed by atoms with Gasteiger partial charge < -0.3 is 5.32 Å². The Hall–Kier alpha value is -2.54. The van der Waals surface area contributed by atoms with Crippen LogP contribution in [0.2, 0.25) is 5.15 Å². The van der Waals surface area contributed by atoms with E-state index in [0.29, 0.717) is 13.0 Å². The van der Waals surface area contributed by atoms with Crippen LogP contribution >= 0.6 is 11.6 Å². The Kier molecular flexibility index (Phi) is 4.78. The van der Waals surface area contributed by atoms with Crippen molar-refractivity contribution in [3.63, 3.8) is 0 Å². The quantitative estimate of drug-likeness (QED) is 0.673. The first-order valence-electron chi connectivity index (χ1n) is 6.05. The summed E-state index contributed by atoms with van der Waals surface area (Å²) >= 11 is 5.65. The first-order valence-corrected chi connectivity index (χ1v) is 6.43. The summed E-state index contributed by atoms with van der Waals surface area (Å²) in [5.41, 5.74) is 1.07. The fourth-order valence-corrected chi connectivity index (χ4v) is 1.79. The smallest absolute Gasteiger partial charge is 0.271 e. The van der Waals surface area contributed by atoms with E-state index in [1.54, 1.807) is 12.1 Å². The molecule has 1 amide bonds. The number of nitro benzene ring substituents is 1. The Morgan fingerprint density at radius 1 is 1.29 bits per heavy atom. The summed E-state index contributed by atoms with van der Waals surface area (Å²) < 4.78 is 0. The number of amides is 1. The van der Waals surface area contributed by atoms with Crippen LogP contribution in [-0.2, 0) is 6.42 Å². The number of hydrogen-bond acceptors (Lipinski definition) is 5. The molecule has 2 aromatic rings. The molecule has 0 unspecified atom stereocenters. The molecule has 0 aliphatic rings. The van der Waals surface area contributed by atoms with Gasteiger partial charge in [-0.3, -0.25) is 19.9 Å². The zero-order valence-corrected chi connectivity index (χ0v) is 11.6. The molecule has 1 aromatic carbocycles. The summed E-state index contributed by atoms with van der Waals surface area (Å²) in [7, 11) is 0. The monoisotopic (exact) mass is 306 g/mol. The van der Waals surface area contributed by atoms with Crippen LogP contribution in [0.3, 0.4) is 0 Å². The average molecular weight is 307 g/mol. The van der Waals surface area contributed by atoms with Gasteiger partial charge in [0.1, 0.15) is 10.8 Å². The summed E-state index contributed by atoms with van der Waals surface area (Å²) in [6.45, 7) is 0.380. The van der Waals surface area contributed by atoms with Gasteiger partial charge in [-0.1, -0.05) is 23.7 Å². The maximum absolute atomic E-state index is 11.8. The van der Waals surface area contributed by atoms with E-state index in [4.69, 9.17) is 11.6 Å². The van der Waals surface area contributed by atoms with Gasteiger partial charge in [-0.15, -0.1) is 0 Å². The highest BCUT2D eigenvalue weighted by Crippen LogP contribution is 2.12. The zero-order chi connectivity index (χ0) is 15.2. The fourth-order valence-electron chi connectivity index (χ4n) is 1.65. The topological polar surface area (TPSA) is 98.0 Å². The molecule has 21 heavy (non-hydrogen) atoms. The number of nitro groups is 1. The number of benzene rings is 1. The first-order chi connectivity index (χ1) is 10.1. The van der Waals surface area contributed by atoms with Crippen molar-refractivity contribution in [2.45, 2.75) is 6.42 Å². The Labute approximate surface area is 125 Å². The van der Waals surface area contributed by atoms with Crippen LogP contribution in [0.5, 0.6) is 0 Å². The largest absolute Gasteiger partial charge is 0.350 e. The normalized spacial score (nSPS) is 10.1. The van der Waals surface area contributed by atoms with Gasteiger partial charge in [0.25, 0.3) is 11.6 Å². The molecule has 2 rings (SSSR count). The number of halogens is 1. The van der Waals surface area contributed by atoms with Crippen LogP contribution in [0.25, 0.3) is 0 Å². The molecule has 0 saturated heterocycles. The highest BCUT2D eigenvalue weighted by molar-refractivity contribution is 6.29. The standard InChI is InChI=1S/C13H11ClN4O3/c14-12-8-15-7-11(17-12)13(19)16-6-5-9-1-3-10(4-2-9)18(20)21/h1-4,7-8H,5-6H2,(H,16,19). The lowest BCUT2D eigenvalue weighted by Crippen LogP contribution is -2.26. The van der Waals surface area contributed by atoms with Crippen molar-refractivity contribution in [3.8, 4) is 0 Å². The van der Waals surface area contributed by atoms with Crippen molar-refractivity contribution in [1.82, 2.24) is 15.3 Å². The van der Waals surface area contributed by atoms with Crippen molar-refractivity contribution in [2.24, 2.45) is 0 Å². The molecule has 0 bridgehead atoms. The van der Waals surface area contributed by atoms with E-state index in [2.05, 4.69) is 15.3 Å². The minimum Gasteiger partial charge on any atom is -0.350 e. The molecule has 7 nitrogen and oxygen atoms in total. The lowest BCUT2D eigenvalue weighted by atomic mass is 10.1. The summed E-state index contributed by atoms with van der Waals surface area (Å²) in [5.74, 6) is -0.369. The number of carbonyl (C=O) groups excluding carboxylic acids is 1. The molecule has 0 radical (unpaired) electrons. The lowest BCUT2D eigenvalue weighted by Gasteiger charge is -2.04. The number of non-ortho nitro benzene ring substituents is 1. The van der Waals surface area contributed by atoms with Crippen LogP contribution in [0.4, 0.5) is 5.69 Å². The van der Waals surface area contributed by atoms with Crippen molar-refractivity contribution in [3.05, 3.63) is 63.2 Å². The highest BCUT2D eigenvalue weighted by Gasteiger charge is 2.08.